The summed E-state index contributed by atoms with van der Waals surface area (Å²) in [6, 6.07) is 16.0. The van der Waals surface area contributed by atoms with Crippen molar-refractivity contribution in [3.63, 3.8) is 0 Å². The fourth-order valence-electron chi connectivity index (χ4n) is 2.47. The number of aryl methyl sites for hydroxylation is 1. The molecular formula is C22H26N2O2. The molecule has 0 aromatic heterocycles. The van der Waals surface area contributed by atoms with E-state index in [9.17, 15) is 4.79 Å². The van der Waals surface area contributed by atoms with Crippen molar-refractivity contribution in [3.05, 3.63) is 70.8 Å². The molecule has 26 heavy (non-hydrogen) atoms. The zero-order valence-electron chi connectivity index (χ0n) is 15.8. The van der Waals surface area contributed by atoms with Gasteiger partial charge in [-0.15, -0.1) is 0 Å². The van der Waals surface area contributed by atoms with E-state index in [1.165, 1.54) is 0 Å². The van der Waals surface area contributed by atoms with Gasteiger partial charge in [0.1, 0.15) is 5.75 Å². The van der Waals surface area contributed by atoms with Crippen LogP contribution in [0.3, 0.4) is 0 Å². The van der Waals surface area contributed by atoms with Gasteiger partial charge in [-0.3, -0.25) is 4.79 Å². The molecule has 1 N–H and O–H groups in total. The molecular weight excluding hydrogens is 324 g/mol. The molecule has 0 aliphatic heterocycles. The van der Waals surface area contributed by atoms with E-state index in [0.29, 0.717) is 5.92 Å². The molecule has 136 valence electrons. The molecule has 0 aliphatic rings. The van der Waals surface area contributed by atoms with Gasteiger partial charge in [-0.05, 0) is 48.1 Å². The number of amides is 1. The fourth-order valence-corrected chi connectivity index (χ4v) is 2.47. The summed E-state index contributed by atoms with van der Waals surface area (Å²) in [5.41, 5.74) is 6.72. The van der Waals surface area contributed by atoms with Crippen molar-refractivity contribution in [1.82, 2.24) is 5.43 Å². The normalized spacial score (nSPS) is 11.8. The van der Waals surface area contributed by atoms with Gasteiger partial charge >= 0.3 is 0 Å². The Bertz CT molecular complexity index is 793. The van der Waals surface area contributed by atoms with Crippen LogP contribution in [0.1, 0.15) is 43.4 Å². The second kappa shape index (κ2) is 9.56. The Hall–Kier alpha value is -2.88. The van der Waals surface area contributed by atoms with Crippen LogP contribution < -0.4 is 10.2 Å². The number of nitrogens with zero attached hydrogens (tertiary/aromatic N) is 1. The molecule has 2 rings (SSSR count). The second-order valence-electron chi connectivity index (χ2n) is 6.58. The molecule has 0 heterocycles. The number of ether oxygens (including phenoxy) is 1. The van der Waals surface area contributed by atoms with Crippen LogP contribution in [0.15, 0.2) is 59.2 Å². The van der Waals surface area contributed by atoms with Gasteiger partial charge in [0.25, 0.3) is 5.91 Å². The highest BCUT2D eigenvalue weighted by Gasteiger charge is 2.09. The number of carbonyl (C=O) groups is 1. The van der Waals surface area contributed by atoms with E-state index in [-0.39, 0.29) is 12.5 Å². The lowest BCUT2D eigenvalue weighted by atomic mass is 10.0. The fraction of sp³-hybridized carbons (Fsp3) is 0.273. The average molecular weight is 350 g/mol. The van der Waals surface area contributed by atoms with Crippen LogP contribution in [-0.2, 0) is 4.79 Å². The molecule has 0 radical (unpaired) electrons. The highest BCUT2D eigenvalue weighted by atomic mass is 16.5. The largest absolute Gasteiger partial charge is 0.483 e. The maximum Gasteiger partial charge on any atom is 0.277 e. The van der Waals surface area contributed by atoms with Crippen molar-refractivity contribution in [2.24, 2.45) is 5.10 Å². The quantitative estimate of drug-likeness (QED) is 0.581. The molecule has 0 unspecified atom stereocenters. The smallest absolute Gasteiger partial charge is 0.277 e. The first kappa shape index (κ1) is 19.4. The van der Waals surface area contributed by atoms with Crippen LogP contribution in [-0.4, -0.2) is 18.7 Å². The molecule has 0 fully saturated rings. The third kappa shape index (κ3) is 6.20. The van der Waals surface area contributed by atoms with Gasteiger partial charge in [0.05, 0.1) is 6.21 Å². The summed E-state index contributed by atoms with van der Waals surface area (Å²) in [5.74, 6) is 0.793. The minimum Gasteiger partial charge on any atom is -0.483 e. The number of hydrogen-bond donors (Lipinski definition) is 1. The lowest BCUT2D eigenvalue weighted by Crippen LogP contribution is -2.25. The first-order chi connectivity index (χ1) is 12.5. The molecule has 0 saturated carbocycles. The van der Waals surface area contributed by atoms with Gasteiger partial charge in [-0.1, -0.05) is 62.4 Å². The van der Waals surface area contributed by atoms with Crippen molar-refractivity contribution in [2.45, 2.75) is 33.6 Å². The van der Waals surface area contributed by atoms with Crippen molar-refractivity contribution in [1.29, 1.82) is 0 Å². The minimum atomic E-state index is -0.287. The van der Waals surface area contributed by atoms with Crippen molar-refractivity contribution in [3.8, 4) is 5.75 Å². The minimum absolute atomic E-state index is 0.0675. The Morgan fingerprint density at radius 3 is 2.62 bits per heavy atom. The van der Waals surface area contributed by atoms with E-state index < -0.39 is 0 Å². The van der Waals surface area contributed by atoms with Crippen LogP contribution in [0, 0.1) is 6.92 Å². The zero-order chi connectivity index (χ0) is 18.9. The number of allylic oxidation sites excluding steroid dienone is 1. The number of rotatable bonds is 7. The number of hydrogen-bond acceptors (Lipinski definition) is 3. The Kier molecular flexibility index (Phi) is 7.15. The van der Waals surface area contributed by atoms with Crippen LogP contribution in [0.5, 0.6) is 5.75 Å². The summed E-state index contributed by atoms with van der Waals surface area (Å²) < 4.78 is 5.69. The van der Waals surface area contributed by atoms with Gasteiger partial charge in [0.2, 0.25) is 0 Å². The van der Waals surface area contributed by atoms with Gasteiger partial charge < -0.3 is 4.74 Å². The Labute approximate surface area is 155 Å². The predicted molar refractivity (Wildman–Crippen MR) is 107 cm³/mol. The predicted octanol–water partition coefficient (Wildman–Crippen LogP) is 4.70. The topological polar surface area (TPSA) is 50.7 Å². The molecule has 0 spiro atoms. The SMILES string of the molecule is CC(=C/c1ccccc1)/C=N/NC(=O)COc1cc(C)ccc1C(C)C. The average Bonchev–Trinajstić information content (AvgIpc) is 2.60. The van der Waals surface area contributed by atoms with E-state index in [0.717, 1.165) is 28.0 Å². The first-order valence-corrected chi connectivity index (χ1v) is 8.74. The van der Waals surface area contributed by atoms with Crippen LogP contribution >= 0.6 is 0 Å². The lowest BCUT2D eigenvalue weighted by Gasteiger charge is -2.14. The molecule has 0 saturated heterocycles. The van der Waals surface area contributed by atoms with Crippen LogP contribution in [0.25, 0.3) is 6.08 Å². The summed E-state index contributed by atoms with van der Waals surface area (Å²) in [6.07, 6.45) is 3.62. The maximum atomic E-state index is 12.0. The summed E-state index contributed by atoms with van der Waals surface area (Å²) in [4.78, 5) is 12.0. The number of carbonyl (C=O) groups excluding carboxylic acids is 1. The Morgan fingerprint density at radius 1 is 1.19 bits per heavy atom. The van der Waals surface area contributed by atoms with Crippen molar-refractivity contribution < 1.29 is 9.53 Å². The summed E-state index contributed by atoms with van der Waals surface area (Å²) in [5, 5.41) is 3.98. The maximum absolute atomic E-state index is 12.0. The van der Waals surface area contributed by atoms with Gasteiger partial charge in [-0.25, -0.2) is 5.43 Å². The first-order valence-electron chi connectivity index (χ1n) is 8.74. The van der Waals surface area contributed by atoms with E-state index in [1.807, 2.05) is 62.4 Å². The molecule has 4 nitrogen and oxygen atoms in total. The molecule has 0 atom stereocenters. The standard InChI is InChI=1S/C22H26N2O2/c1-16(2)20-11-10-17(3)13-21(20)26-15-22(25)24-23-14-18(4)12-19-8-6-5-7-9-19/h5-14,16H,15H2,1-4H3,(H,24,25)/b18-12-,23-14+. The lowest BCUT2D eigenvalue weighted by molar-refractivity contribution is -0.123. The van der Waals surface area contributed by atoms with Gasteiger partial charge in [0.15, 0.2) is 6.61 Å². The summed E-state index contributed by atoms with van der Waals surface area (Å²) >= 11 is 0. The van der Waals surface area contributed by atoms with E-state index >= 15 is 0 Å². The second-order valence-corrected chi connectivity index (χ2v) is 6.58. The highest BCUT2D eigenvalue weighted by Crippen LogP contribution is 2.27. The molecule has 1 amide bonds. The summed E-state index contributed by atoms with van der Waals surface area (Å²) in [7, 11) is 0. The third-order valence-electron chi connectivity index (χ3n) is 3.80. The summed E-state index contributed by atoms with van der Waals surface area (Å²) in [6.45, 7) is 8.07. The number of nitrogens with one attached hydrogen (secondary N) is 1. The molecule has 0 aliphatic carbocycles. The van der Waals surface area contributed by atoms with Crippen LogP contribution in [0.2, 0.25) is 0 Å². The van der Waals surface area contributed by atoms with E-state index in [2.05, 4.69) is 30.4 Å². The number of hydrazone groups is 1. The van der Waals surface area contributed by atoms with E-state index in [1.54, 1.807) is 6.21 Å². The third-order valence-corrected chi connectivity index (χ3v) is 3.80. The van der Waals surface area contributed by atoms with E-state index in [4.69, 9.17) is 4.74 Å². The van der Waals surface area contributed by atoms with Crippen LogP contribution in [0.4, 0.5) is 0 Å². The molecule has 0 bridgehead atoms. The van der Waals surface area contributed by atoms with Gasteiger partial charge in [0, 0.05) is 0 Å². The van der Waals surface area contributed by atoms with Crippen molar-refractivity contribution in [2.75, 3.05) is 6.61 Å². The molecule has 2 aromatic carbocycles. The monoisotopic (exact) mass is 350 g/mol. The highest BCUT2D eigenvalue weighted by molar-refractivity contribution is 5.86. The number of benzene rings is 2. The molecule has 2 aromatic rings. The Morgan fingerprint density at radius 2 is 1.92 bits per heavy atom. The van der Waals surface area contributed by atoms with Crippen molar-refractivity contribution >= 4 is 18.2 Å². The molecule has 4 heteroatoms. The Balaban J connectivity index is 1.88. The van der Waals surface area contributed by atoms with Gasteiger partial charge in [-0.2, -0.15) is 5.10 Å². The zero-order valence-corrected chi connectivity index (χ0v) is 15.8.